The van der Waals surface area contributed by atoms with Gasteiger partial charge >= 0.3 is 0 Å². The van der Waals surface area contributed by atoms with Gasteiger partial charge in [-0.3, -0.25) is 10.1 Å². The second-order valence-electron chi connectivity index (χ2n) is 5.71. The third-order valence-corrected chi connectivity index (χ3v) is 4.44. The first-order chi connectivity index (χ1) is 10.5. The summed E-state index contributed by atoms with van der Waals surface area (Å²) in [7, 11) is 0. The summed E-state index contributed by atoms with van der Waals surface area (Å²) >= 11 is 3.44. The van der Waals surface area contributed by atoms with E-state index < -0.39 is 5.54 Å². The van der Waals surface area contributed by atoms with Crippen LogP contribution in [0.4, 0.5) is 5.95 Å². The topological polar surface area (TPSA) is 85.8 Å². The van der Waals surface area contributed by atoms with Crippen molar-refractivity contribution in [2.75, 3.05) is 5.32 Å². The van der Waals surface area contributed by atoms with Crippen molar-refractivity contribution in [2.45, 2.75) is 37.8 Å². The van der Waals surface area contributed by atoms with Crippen LogP contribution in [0.3, 0.4) is 0 Å². The van der Waals surface area contributed by atoms with Gasteiger partial charge in [0.1, 0.15) is 6.33 Å². The first kappa shape index (κ1) is 17.9. The number of hydrogen-bond acceptors (Lipinski definition) is 4. The van der Waals surface area contributed by atoms with Gasteiger partial charge < -0.3 is 5.73 Å². The monoisotopic (exact) mass is 399 g/mol. The van der Waals surface area contributed by atoms with Crippen LogP contribution in [-0.2, 0) is 11.3 Å². The molecule has 1 saturated carbocycles. The molecule has 1 amide bonds. The molecule has 0 spiro atoms. The fourth-order valence-corrected chi connectivity index (χ4v) is 3.16. The van der Waals surface area contributed by atoms with Crippen molar-refractivity contribution >= 4 is 40.2 Å². The number of anilines is 1. The maximum Gasteiger partial charge on any atom is 0.248 e. The van der Waals surface area contributed by atoms with E-state index in [-0.39, 0.29) is 18.3 Å². The number of benzene rings is 1. The number of nitrogens with two attached hydrogens (primary N) is 1. The summed E-state index contributed by atoms with van der Waals surface area (Å²) < 4.78 is 2.71. The van der Waals surface area contributed by atoms with E-state index in [9.17, 15) is 4.79 Å². The average molecular weight is 401 g/mol. The van der Waals surface area contributed by atoms with Crippen LogP contribution < -0.4 is 11.1 Å². The van der Waals surface area contributed by atoms with Crippen LogP contribution in [0.15, 0.2) is 35.1 Å². The summed E-state index contributed by atoms with van der Waals surface area (Å²) in [6, 6.07) is 7.97. The van der Waals surface area contributed by atoms with Crippen molar-refractivity contribution in [2.24, 2.45) is 5.73 Å². The number of hydrogen-bond donors (Lipinski definition) is 2. The van der Waals surface area contributed by atoms with Crippen molar-refractivity contribution in [1.82, 2.24) is 14.8 Å². The van der Waals surface area contributed by atoms with E-state index in [4.69, 9.17) is 5.73 Å². The van der Waals surface area contributed by atoms with E-state index in [1.54, 1.807) is 11.0 Å². The number of nitrogens with one attached hydrogen (secondary N) is 1. The molecule has 1 heterocycles. The van der Waals surface area contributed by atoms with E-state index in [1.807, 2.05) is 24.3 Å². The second kappa shape index (κ2) is 7.42. The molecule has 23 heavy (non-hydrogen) atoms. The third kappa shape index (κ3) is 4.31. The van der Waals surface area contributed by atoms with Gasteiger partial charge in [0, 0.05) is 4.47 Å². The summed E-state index contributed by atoms with van der Waals surface area (Å²) in [5, 5.41) is 7.01. The molecule has 0 unspecified atom stereocenters. The van der Waals surface area contributed by atoms with Crippen LogP contribution in [0.1, 0.15) is 31.2 Å². The molecule has 3 rings (SSSR count). The molecule has 1 fully saturated rings. The lowest BCUT2D eigenvalue weighted by Crippen LogP contribution is -2.48. The van der Waals surface area contributed by atoms with Gasteiger partial charge in [-0.2, -0.15) is 0 Å². The number of halogens is 2. The lowest BCUT2D eigenvalue weighted by Gasteiger charge is -2.20. The molecule has 0 radical (unpaired) electrons. The number of nitrogens with zero attached hydrogens (tertiary/aromatic N) is 3. The molecule has 1 aromatic carbocycles. The average Bonchev–Trinajstić information content (AvgIpc) is 3.09. The van der Waals surface area contributed by atoms with E-state index >= 15 is 0 Å². The SMILES string of the molecule is Cl.NC1(C(=O)Nc2ncn(Cc3cccc(Br)c3)n2)CCCC1. The summed E-state index contributed by atoms with van der Waals surface area (Å²) in [6.07, 6.45) is 5.03. The third-order valence-electron chi connectivity index (χ3n) is 3.94. The largest absolute Gasteiger partial charge is 0.317 e. The Morgan fingerprint density at radius 3 is 2.83 bits per heavy atom. The van der Waals surface area contributed by atoms with Crippen molar-refractivity contribution in [1.29, 1.82) is 0 Å². The predicted octanol–water partition coefficient (Wildman–Crippen LogP) is 2.72. The summed E-state index contributed by atoms with van der Waals surface area (Å²) in [5.74, 6) is 0.113. The zero-order valence-electron chi connectivity index (χ0n) is 12.5. The van der Waals surface area contributed by atoms with Crippen molar-refractivity contribution in [3.8, 4) is 0 Å². The molecule has 2 aromatic rings. The smallest absolute Gasteiger partial charge is 0.248 e. The molecular weight excluding hydrogens is 382 g/mol. The minimum atomic E-state index is -0.768. The van der Waals surface area contributed by atoms with E-state index in [1.165, 1.54) is 0 Å². The molecule has 8 heteroatoms. The highest BCUT2D eigenvalue weighted by Gasteiger charge is 2.37. The van der Waals surface area contributed by atoms with Gasteiger partial charge in [-0.25, -0.2) is 9.67 Å². The highest BCUT2D eigenvalue weighted by Crippen LogP contribution is 2.28. The minimum Gasteiger partial charge on any atom is -0.317 e. The number of aromatic nitrogens is 3. The first-order valence-electron chi connectivity index (χ1n) is 7.29. The first-order valence-corrected chi connectivity index (χ1v) is 8.09. The zero-order valence-corrected chi connectivity index (χ0v) is 14.9. The molecule has 1 aliphatic carbocycles. The number of carbonyl (C=O) groups excluding carboxylic acids is 1. The van der Waals surface area contributed by atoms with Crippen LogP contribution in [0.25, 0.3) is 0 Å². The van der Waals surface area contributed by atoms with E-state index in [0.717, 1.165) is 35.7 Å². The Morgan fingerprint density at radius 1 is 1.39 bits per heavy atom. The maximum atomic E-state index is 12.2. The molecule has 3 N–H and O–H groups in total. The fraction of sp³-hybridized carbons (Fsp3) is 0.400. The van der Waals surface area contributed by atoms with Gasteiger partial charge in [0.05, 0.1) is 12.1 Å². The predicted molar refractivity (Wildman–Crippen MR) is 94.5 cm³/mol. The fourth-order valence-electron chi connectivity index (χ4n) is 2.71. The van der Waals surface area contributed by atoms with Crippen molar-refractivity contribution < 1.29 is 4.79 Å². The highest BCUT2D eigenvalue weighted by molar-refractivity contribution is 9.10. The molecule has 1 aliphatic rings. The van der Waals surface area contributed by atoms with Gasteiger partial charge in [-0.15, -0.1) is 17.5 Å². The number of rotatable bonds is 4. The van der Waals surface area contributed by atoms with Gasteiger partial charge in [0.15, 0.2) is 0 Å². The number of carbonyl (C=O) groups is 1. The molecule has 0 bridgehead atoms. The Morgan fingerprint density at radius 2 is 2.13 bits per heavy atom. The van der Waals surface area contributed by atoms with Gasteiger partial charge in [0.2, 0.25) is 11.9 Å². The molecule has 0 atom stereocenters. The van der Waals surface area contributed by atoms with Crippen LogP contribution in [0.5, 0.6) is 0 Å². The van der Waals surface area contributed by atoms with Crippen molar-refractivity contribution in [3.63, 3.8) is 0 Å². The Labute approximate surface area is 149 Å². The van der Waals surface area contributed by atoms with Crippen molar-refractivity contribution in [3.05, 3.63) is 40.6 Å². The maximum absolute atomic E-state index is 12.2. The van der Waals surface area contributed by atoms with Gasteiger partial charge in [-0.05, 0) is 30.5 Å². The van der Waals surface area contributed by atoms with Crippen LogP contribution in [0, 0.1) is 0 Å². The lowest BCUT2D eigenvalue weighted by molar-refractivity contribution is -0.121. The van der Waals surface area contributed by atoms with Crippen LogP contribution >= 0.6 is 28.3 Å². The Balaban J connectivity index is 0.00000192. The van der Waals surface area contributed by atoms with E-state index in [2.05, 4.69) is 31.3 Å². The second-order valence-corrected chi connectivity index (χ2v) is 6.63. The molecule has 6 nitrogen and oxygen atoms in total. The zero-order chi connectivity index (χ0) is 15.6. The summed E-state index contributed by atoms with van der Waals surface area (Å²) in [4.78, 5) is 16.3. The highest BCUT2D eigenvalue weighted by atomic mass is 79.9. The normalized spacial score (nSPS) is 15.9. The quantitative estimate of drug-likeness (QED) is 0.826. The Hall–Kier alpha value is -1.44. The minimum absolute atomic E-state index is 0. The molecule has 0 saturated heterocycles. The van der Waals surface area contributed by atoms with Crippen LogP contribution in [-0.4, -0.2) is 26.2 Å². The Bertz CT molecular complexity index is 684. The summed E-state index contributed by atoms with van der Waals surface area (Å²) in [6.45, 7) is 0.593. The van der Waals surface area contributed by atoms with Gasteiger partial charge in [-0.1, -0.05) is 40.9 Å². The summed E-state index contributed by atoms with van der Waals surface area (Å²) in [5.41, 5.74) is 6.45. The molecule has 0 aliphatic heterocycles. The molecular formula is C15H19BrClN5O. The lowest BCUT2D eigenvalue weighted by atomic mass is 9.98. The van der Waals surface area contributed by atoms with Crippen LogP contribution in [0.2, 0.25) is 0 Å². The van der Waals surface area contributed by atoms with E-state index in [0.29, 0.717) is 12.5 Å². The Kier molecular flexibility index (Phi) is 5.78. The number of amides is 1. The molecule has 1 aromatic heterocycles. The standard InChI is InChI=1S/C15H18BrN5O.ClH/c16-12-5-3-4-11(8-12)9-21-10-18-14(20-21)19-13(22)15(17)6-1-2-7-15;/h3-5,8,10H,1-2,6-7,9,17H2,(H,19,20,22);1H. The van der Waals surface area contributed by atoms with Gasteiger partial charge in [0.25, 0.3) is 0 Å². The molecule has 124 valence electrons.